The number of carbonyl (C=O) groups excluding carboxylic acids is 2. The molecular formula is C34H41F3N2O6. The number of fused-ring (bicyclic) bond motifs is 2. The maximum absolute atomic E-state index is 15.7. The summed E-state index contributed by atoms with van der Waals surface area (Å²) in [6.45, 7) is 9.65. The molecule has 1 aliphatic heterocycles. The van der Waals surface area contributed by atoms with Crippen LogP contribution in [0.5, 0.6) is 11.5 Å². The lowest BCUT2D eigenvalue weighted by Crippen LogP contribution is -2.29. The average Bonchev–Trinajstić information content (AvgIpc) is 3.64. The van der Waals surface area contributed by atoms with E-state index in [9.17, 15) is 18.4 Å². The Morgan fingerprint density at radius 2 is 1.67 bits per heavy atom. The summed E-state index contributed by atoms with van der Waals surface area (Å²) in [6.07, 6.45) is 0.923. The van der Waals surface area contributed by atoms with Gasteiger partial charge in [0.1, 0.15) is 12.4 Å². The van der Waals surface area contributed by atoms with Crippen LogP contribution in [0.1, 0.15) is 77.5 Å². The van der Waals surface area contributed by atoms with Gasteiger partial charge in [-0.3, -0.25) is 9.59 Å². The van der Waals surface area contributed by atoms with Crippen molar-refractivity contribution in [3.63, 3.8) is 0 Å². The van der Waals surface area contributed by atoms with Gasteiger partial charge in [-0.15, -0.1) is 8.78 Å². The highest BCUT2D eigenvalue weighted by Gasteiger charge is 2.53. The second-order valence-electron chi connectivity index (χ2n) is 12.6. The first-order chi connectivity index (χ1) is 21.4. The molecule has 1 saturated carbocycles. The number of nitrogens with zero attached hydrogens (tertiary/aromatic N) is 1. The Kier molecular flexibility index (Phi) is 9.51. The fourth-order valence-electron chi connectivity index (χ4n) is 5.67. The first-order valence-electron chi connectivity index (χ1n) is 15.6. The Hall–Kier alpha value is -3.57. The predicted octanol–water partition coefficient (Wildman–Crippen LogP) is 7.25. The molecule has 2 heterocycles. The van der Waals surface area contributed by atoms with Crippen molar-refractivity contribution in [2.24, 2.45) is 0 Å². The minimum Gasteiger partial charge on any atom is -0.395 e. The standard InChI is InChI=1S/C34H41F3N2O6/c1-5-7-13-42-20-24(40)19-39-27-18-25(35)26(15-22(27)16-30(39)32(3,4)21-43-14-8-6-2)38-31(41)33(11-12-33)23-9-10-28-29(17-23)45-34(36,37)44-28/h9-10,15-18H,5-8,11-14,19-21H2,1-4H3,(H,38,41). The van der Waals surface area contributed by atoms with Gasteiger partial charge >= 0.3 is 6.29 Å². The first-order valence-corrected chi connectivity index (χ1v) is 15.6. The molecule has 45 heavy (non-hydrogen) atoms. The summed E-state index contributed by atoms with van der Waals surface area (Å²) in [6, 6.07) is 9.08. The van der Waals surface area contributed by atoms with Gasteiger partial charge in [0.25, 0.3) is 0 Å². The van der Waals surface area contributed by atoms with Gasteiger partial charge in [-0.1, -0.05) is 46.6 Å². The van der Waals surface area contributed by atoms with Crippen LogP contribution in [0.3, 0.4) is 0 Å². The molecule has 1 aliphatic carbocycles. The summed E-state index contributed by atoms with van der Waals surface area (Å²) < 4.78 is 65.1. The summed E-state index contributed by atoms with van der Waals surface area (Å²) in [5, 5.41) is 3.38. The smallest absolute Gasteiger partial charge is 0.395 e. The number of unbranched alkanes of at least 4 members (excludes halogenated alkanes) is 2. The number of alkyl halides is 2. The van der Waals surface area contributed by atoms with Crippen molar-refractivity contribution in [2.75, 3.05) is 31.7 Å². The number of aromatic nitrogens is 1. The molecule has 1 fully saturated rings. The van der Waals surface area contributed by atoms with E-state index in [0.717, 1.165) is 31.4 Å². The third-order valence-corrected chi connectivity index (χ3v) is 8.42. The molecule has 1 N–H and O–H groups in total. The molecule has 1 aromatic heterocycles. The Morgan fingerprint density at radius 1 is 0.978 bits per heavy atom. The lowest BCUT2D eigenvalue weighted by Gasteiger charge is -2.27. The zero-order valence-corrected chi connectivity index (χ0v) is 26.3. The van der Waals surface area contributed by atoms with Crippen LogP contribution in [0.25, 0.3) is 10.9 Å². The summed E-state index contributed by atoms with van der Waals surface area (Å²) in [5.41, 5.74) is 0.276. The quantitative estimate of drug-likeness (QED) is 0.168. The molecule has 2 aliphatic rings. The largest absolute Gasteiger partial charge is 0.586 e. The van der Waals surface area contributed by atoms with Crippen molar-refractivity contribution < 1.29 is 41.7 Å². The highest BCUT2D eigenvalue weighted by molar-refractivity contribution is 6.03. The number of ether oxygens (including phenoxy) is 4. The minimum absolute atomic E-state index is 0.000759. The van der Waals surface area contributed by atoms with Gasteiger partial charge in [0.15, 0.2) is 17.3 Å². The monoisotopic (exact) mass is 630 g/mol. The number of rotatable bonds is 16. The van der Waals surface area contributed by atoms with Gasteiger partial charge in [-0.05, 0) is 55.5 Å². The molecule has 0 unspecified atom stereocenters. The number of ketones is 1. The van der Waals surface area contributed by atoms with Crippen LogP contribution in [0.15, 0.2) is 36.4 Å². The van der Waals surface area contributed by atoms with Crippen LogP contribution in [-0.2, 0) is 36.4 Å². The average molecular weight is 631 g/mol. The molecule has 0 bridgehead atoms. The topological polar surface area (TPSA) is 88.0 Å². The SMILES string of the molecule is CCCCOCC(=O)Cn1c(C(C)(C)COCCCC)cc2cc(NC(=O)C3(c4ccc5c(c4)OC(F)(F)O5)CC3)c(F)cc21. The van der Waals surface area contributed by atoms with Gasteiger partial charge in [-0.2, -0.15) is 0 Å². The molecular weight excluding hydrogens is 589 g/mol. The number of carbonyl (C=O) groups is 2. The molecule has 0 atom stereocenters. The van der Waals surface area contributed by atoms with E-state index in [-0.39, 0.29) is 36.1 Å². The van der Waals surface area contributed by atoms with E-state index >= 15 is 4.39 Å². The van der Waals surface area contributed by atoms with Crippen LogP contribution < -0.4 is 14.8 Å². The molecule has 2 aromatic carbocycles. The molecule has 8 nitrogen and oxygen atoms in total. The van der Waals surface area contributed by atoms with E-state index < -0.39 is 28.8 Å². The van der Waals surface area contributed by atoms with Gasteiger partial charge in [0.05, 0.1) is 29.8 Å². The van der Waals surface area contributed by atoms with Crippen LogP contribution in [-0.4, -0.2) is 49.0 Å². The summed E-state index contributed by atoms with van der Waals surface area (Å²) in [5.74, 6) is -1.50. The number of hydrogen-bond acceptors (Lipinski definition) is 6. The second-order valence-corrected chi connectivity index (χ2v) is 12.6. The van der Waals surface area contributed by atoms with E-state index in [4.69, 9.17) is 9.47 Å². The molecule has 244 valence electrons. The van der Waals surface area contributed by atoms with Gasteiger partial charge in [-0.25, -0.2) is 4.39 Å². The van der Waals surface area contributed by atoms with Crippen molar-refractivity contribution in [1.29, 1.82) is 0 Å². The second kappa shape index (κ2) is 13.0. The Morgan fingerprint density at radius 3 is 2.36 bits per heavy atom. The van der Waals surface area contributed by atoms with Crippen LogP contribution in [0.2, 0.25) is 0 Å². The molecule has 0 radical (unpaired) electrons. The van der Waals surface area contributed by atoms with Gasteiger partial charge in [0, 0.05) is 35.8 Å². The van der Waals surface area contributed by atoms with Gasteiger partial charge in [0.2, 0.25) is 5.91 Å². The fourth-order valence-corrected chi connectivity index (χ4v) is 5.67. The van der Waals surface area contributed by atoms with Crippen LogP contribution >= 0.6 is 0 Å². The number of Topliss-reactive ketones (excluding diaryl/α,β-unsaturated/α-hetero) is 1. The highest BCUT2D eigenvalue weighted by atomic mass is 19.3. The van der Waals surface area contributed by atoms with Crippen LogP contribution in [0.4, 0.5) is 18.9 Å². The number of benzene rings is 2. The molecule has 0 saturated heterocycles. The number of nitrogens with one attached hydrogen (secondary N) is 1. The minimum atomic E-state index is -3.77. The molecule has 5 rings (SSSR count). The molecule has 3 aromatic rings. The van der Waals surface area contributed by atoms with Crippen molar-refractivity contribution in [3.8, 4) is 11.5 Å². The van der Waals surface area contributed by atoms with Crippen molar-refractivity contribution in [1.82, 2.24) is 4.57 Å². The zero-order chi connectivity index (χ0) is 32.4. The third-order valence-electron chi connectivity index (χ3n) is 8.42. The maximum Gasteiger partial charge on any atom is 0.586 e. The third kappa shape index (κ3) is 7.14. The summed E-state index contributed by atoms with van der Waals surface area (Å²) >= 11 is 0. The van der Waals surface area contributed by atoms with Crippen molar-refractivity contribution in [2.45, 2.75) is 89.9 Å². The van der Waals surface area contributed by atoms with E-state index in [0.29, 0.717) is 49.1 Å². The summed E-state index contributed by atoms with van der Waals surface area (Å²) in [4.78, 5) is 26.5. The van der Waals surface area contributed by atoms with Crippen molar-refractivity contribution >= 4 is 28.3 Å². The molecule has 11 heteroatoms. The number of hydrogen-bond donors (Lipinski definition) is 1. The molecule has 1 amide bonds. The number of anilines is 1. The van der Waals surface area contributed by atoms with Crippen molar-refractivity contribution in [3.05, 3.63) is 53.5 Å². The lowest BCUT2D eigenvalue weighted by molar-refractivity contribution is -0.286. The van der Waals surface area contributed by atoms with E-state index in [1.165, 1.54) is 18.2 Å². The Bertz CT molecular complexity index is 1560. The van der Waals surface area contributed by atoms with E-state index in [1.54, 1.807) is 12.1 Å². The van der Waals surface area contributed by atoms with Crippen LogP contribution in [0, 0.1) is 5.82 Å². The lowest BCUT2D eigenvalue weighted by atomic mass is 9.90. The normalized spacial score (nSPS) is 16.2. The molecule has 0 spiro atoms. The maximum atomic E-state index is 15.7. The number of halogens is 3. The zero-order valence-electron chi connectivity index (χ0n) is 26.3. The fraction of sp³-hybridized carbons (Fsp3) is 0.529. The predicted molar refractivity (Wildman–Crippen MR) is 164 cm³/mol. The number of amides is 1. The van der Waals surface area contributed by atoms with E-state index in [2.05, 4.69) is 21.7 Å². The highest BCUT2D eigenvalue weighted by Crippen LogP contribution is 2.52. The first kappa shape index (κ1) is 32.8. The summed E-state index contributed by atoms with van der Waals surface area (Å²) in [7, 11) is 0. The van der Waals surface area contributed by atoms with Gasteiger partial charge < -0.3 is 28.8 Å². The Labute approximate surface area is 261 Å². The van der Waals surface area contributed by atoms with E-state index in [1.807, 2.05) is 31.4 Å². The Balaban J connectivity index is 1.41.